The summed E-state index contributed by atoms with van der Waals surface area (Å²) in [6.07, 6.45) is 0. The standard InChI is InChI=1S/C12H18ClNO/c1-9(2)7-14(3)12-6-4-5-11(13)10(12)8-15/h4-6,9,15H,7-8H2,1-3H3. The summed E-state index contributed by atoms with van der Waals surface area (Å²) in [7, 11) is 2.02. The number of rotatable bonds is 4. The maximum Gasteiger partial charge on any atom is 0.0716 e. The van der Waals surface area contributed by atoms with Gasteiger partial charge in [0.1, 0.15) is 0 Å². The highest BCUT2D eigenvalue weighted by Crippen LogP contribution is 2.27. The second kappa shape index (κ2) is 5.38. The van der Waals surface area contributed by atoms with Crippen LogP contribution < -0.4 is 4.90 Å². The van der Waals surface area contributed by atoms with Crippen molar-refractivity contribution in [1.29, 1.82) is 0 Å². The molecule has 0 saturated carbocycles. The third-order valence-electron chi connectivity index (χ3n) is 2.30. The molecular formula is C12H18ClNO. The molecule has 1 N–H and O–H groups in total. The molecule has 3 heteroatoms. The molecule has 15 heavy (non-hydrogen) atoms. The van der Waals surface area contributed by atoms with Gasteiger partial charge in [0.05, 0.1) is 6.61 Å². The van der Waals surface area contributed by atoms with Crippen LogP contribution in [0.5, 0.6) is 0 Å². The summed E-state index contributed by atoms with van der Waals surface area (Å²) in [5, 5.41) is 9.90. The second-order valence-corrected chi connectivity index (χ2v) is 4.58. The Kier molecular flexibility index (Phi) is 4.43. The lowest BCUT2D eigenvalue weighted by atomic mass is 10.1. The van der Waals surface area contributed by atoms with Crippen molar-refractivity contribution in [3.8, 4) is 0 Å². The average molecular weight is 228 g/mol. The highest BCUT2D eigenvalue weighted by molar-refractivity contribution is 6.31. The van der Waals surface area contributed by atoms with Gasteiger partial charge in [-0.3, -0.25) is 0 Å². The monoisotopic (exact) mass is 227 g/mol. The van der Waals surface area contributed by atoms with E-state index in [1.165, 1.54) is 0 Å². The molecule has 0 radical (unpaired) electrons. The normalized spacial score (nSPS) is 10.8. The van der Waals surface area contributed by atoms with Crippen molar-refractivity contribution >= 4 is 17.3 Å². The number of hydrogen-bond donors (Lipinski definition) is 1. The Hall–Kier alpha value is -0.730. The summed E-state index contributed by atoms with van der Waals surface area (Å²) in [6.45, 7) is 5.27. The average Bonchev–Trinajstić information content (AvgIpc) is 2.16. The summed E-state index contributed by atoms with van der Waals surface area (Å²) in [5.74, 6) is 0.584. The number of anilines is 1. The first-order chi connectivity index (χ1) is 7.06. The highest BCUT2D eigenvalue weighted by Gasteiger charge is 2.10. The molecule has 1 rings (SSSR count). The highest BCUT2D eigenvalue weighted by atomic mass is 35.5. The van der Waals surface area contributed by atoms with Gasteiger partial charge in [-0.25, -0.2) is 0 Å². The van der Waals surface area contributed by atoms with Crippen LogP contribution in [0.1, 0.15) is 19.4 Å². The molecule has 0 heterocycles. The van der Waals surface area contributed by atoms with Crippen molar-refractivity contribution in [3.63, 3.8) is 0 Å². The van der Waals surface area contributed by atoms with Crippen molar-refractivity contribution in [2.24, 2.45) is 5.92 Å². The molecule has 0 aromatic heterocycles. The van der Waals surface area contributed by atoms with E-state index in [0.29, 0.717) is 10.9 Å². The van der Waals surface area contributed by atoms with Gasteiger partial charge < -0.3 is 10.0 Å². The van der Waals surface area contributed by atoms with E-state index >= 15 is 0 Å². The SMILES string of the molecule is CC(C)CN(C)c1cccc(Cl)c1CO. The molecule has 0 spiro atoms. The Morgan fingerprint density at radius 1 is 1.40 bits per heavy atom. The second-order valence-electron chi connectivity index (χ2n) is 4.17. The van der Waals surface area contributed by atoms with Crippen LogP contribution in [0.15, 0.2) is 18.2 Å². The predicted molar refractivity (Wildman–Crippen MR) is 65.5 cm³/mol. The van der Waals surface area contributed by atoms with Gasteiger partial charge in [-0.15, -0.1) is 0 Å². The van der Waals surface area contributed by atoms with Gasteiger partial charge in [-0.1, -0.05) is 31.5 Å². The summed E-state index contributed by atoms with van der Waals surface area (Å²) >= 11 is 6.02. The van der Waals surface area contributed by atoms with Gasteiger partial charge in [-0.05, 0) is 18.1 Å². The fourth-order valence-electron chi connectivity index (χ4n) is 1.71. The summed E-state index contributed by atoms with van der Waals surface area (Å²) in [5.41, 5.74) is 1.82. The Morgan fingerprint density at radius 2 is 2.07 bits per heavy atom. The maximum absolute atomic E-state index is 9.27. The zero-order valence-electron chi connectivity index (χ0n) is 9.50. The molecule has 0 amide bonds. The quantitative estimate of drug-likeness (QED) is 0.855. The van der Waals surface area contributed by atoms with Crippen molar-refractivity contribution in [3.05, 3.63) is 28.8 Å². The molecule has 0 aliphatic carbocycles. The summed E-state index contributed by atoms with van der Waals surface area (Å²) < 4.78 is 0. The van der Waals surface area contributed by atoms with Crippen LogP contribution in [0.2, 0.25) is 5.02 Å². The van der Waals surface area contributed by atoms with Gasteiger partial charge in [0.2, 0.25) is 0 Å². The van der Waals surface area contributed by atoms with Crippen molar-refractivity contribution in [1.82, 2.24) is 0 Å². The van der Waals surface area contributed by atoms with E-state index in [-0.39, 0.29) is 6.61 Å². The van der Waals surface area contributed by atoms with Gasteiger partial charge in [0.25, 0.3) is 0 Å². The first-order valence-corrected chi connectivity index (χ1v) is 5.53. The molecular weight excluding hydrogens is 210 g/mol. The van der Waals surface area contributed by atoms with Crippen molar-refractivity contribution < 1.29 is 5.11 Å². The number of halogens is 1. The summed E-state index contributed by atoms with van der Waals surface area (Å²) in [4.78, 5) is 2.13. The number of aliphatic hydroxyl groups excluding tert-OH is 1. The molecule has 2 nitrogen and oxygen atoms in total. The molecule has 1 aromatic carbocycles. The Morgan fingerprint density at radius 3 is 2.60 bits per heavy atom. The Balaban J connectivity index is 2.97. The van der Waals surface area contributed by atoms with Gasteiger partial charge in [0.15, 0.2) is 0 Å². The van der Waals surface area contributed by atoms with E-state index in [9.17, 15) is 5.11 Å². The molecule has 1 aromatic rings. The minimum atomic E-state index is -0.0164. The van der Waals surface area contributed by atoms with Crippen LogP contribution in [0.4, 0.5) is 5.69 Å². The van der Waals surface area contributed by atoms with Crippen LogP contribution >= 0.6 is 11.6 Å². The van der Waals surface area contributed by atoms with E-state index in [1.54, 1.807) is 6.07 Å². The molecule has 0 saturated heterocycles. The number of aliphatic hydroxyl groups is 1. The van der Waals surface area contributed by atoms with Crippen LogP contribution in [0.25, 0.3) is 0 Å². The first-order valence-electron chi connectivity index (χ1n) is 5.15. The molecule has 84 valence electrons. The van der Waals surface area contributed by atoms with E-state index in [4.69, 9.17) is 11.6 Å². The van der Waals surface area contributed by atoms with Gasteiger partial charge in [0, 0.05) is 29.9 Å². The van der Waals surface area contributed by atoms with E-state index < -0.39 is 0 Å². The fraction of sp³-hybridized carbons (Fsp3) is 0.500. The molecule has 0 atom stereocenters. The lowest BCUT2D eigenvalue weighted by Gasteiger charge is -2.24. The maximum atomic E-state index is 9.27. The Labute approximate surface area is 96.5 Å². The molecule has 0 bridgehead atoms. The summed E-state index contributed by atoms with van der Waals surface area (Å²) in [6, 6.07) is 5.70. The molecule has 0 fully saturated rings. The lowest BCUT2D eigenvalue weighted by Crippen LogP contribution is -2.23. The largest absolute Gasteiger partial charge is 0.392 e. The van der Waals surface area contributed by atoms with Crippen LogP contribution in [0.3, 0.4) is 0 Å². The number of nitrogens with zero attached hydrogens (tertiary/aromatic N) is 1. The molecule has 0 aliphatic heterocycles. The van der Waals surface area contributed by atoms with Gasteiger partial charge >= 0.3 is 0 Å². The van der Waals surface area contributed by atoms with Crippen LogP contribution in [-0.2, 0) is 6.61 Å². The number of benzene rings is 1. The predicted octanol–water partition coefficient (Wildman–Crippen LogP) is 2.92. The smallest absolute Gasteiger partial charge is 0.0716 e. The number of hydrogen-bond acceptors (Lipinski definition) is 2. The first kappa shape index (κ1) is 12.3. The minimum absolute atomic E-state index is 0.0164. The lowest BCUT2D eigenvalue weighted by molar-refractivity contribution is 0.282. The minimum Gasteiger partial charge on any atom is -0.392 e. The Bertz CT molecular complexity index is 325. The van der Waals surface area contributed by atoms with E-state index in [1.807, 2.05) is 19.2 Å². The van der Waals surface area contributed by atoms with Crippen LogP contribution in [0, 0.1) is 5.92 Å². The van der Waals surface area contributed by atoms with Crippen LogP contribution in [-0.4, -0.2) is 18.7 Å². The fourth-order valence-corrected chi connectivity index (χ4v) is 1.94. The van der Waals surface area contributed by atoms with Crippen molar-refractivity contribution in [2.75, 3.05) is 18.5 Å². The third kappa shape index (κ3) is 3.11. The van der Waals surface area contributed by atoms with Gasteiger partial charge in [-0.2, -0.15) is 0 Å². The topological polar surface area (TPSA) is 23.5 Å². The zero-order chi connectivity index (χ0) is 11.4. The van der Waals surface area contributed by atoms with E-state index in [2.05, 4.69) is 18.7 Å². The molecule has 0 aliphatic rings. The molecule has 0 unspecified atom stereocenters. The zero-order valence-corrected chi connectivity index (χ0v) is 10.3. The van der Waals surface area contributed by atoms with E-state index in [0.717, 1.165) is 17.8 Å². The third-order valence-corrected chi connectivity index (χ3v) is 2.66. The van der Waals surface area contributed by atoms with Crippen molar-refractivity contribution in [2.45, 2.75) is 20.5 Å².